The van der Waals surface area contributed by atoms with E-state index in [2.05, 4.69) is 0 Å². The van der Waals surface area contributed by atoms with E-state index >= 15 is 0 Å². The van der Waals surface area contributed by atoms with Gasteiger partial charge in [-0.05, 0) is 35.9 Å². The number of Topliss-reactive ketones (excluding diaryl/α,β-unsaturated/α-hetero) is 1. The van der Waals surface area contributed by atoms with E-state index in [0.717, 1.165) is 5.56 Å². The number of amides is 1. The molecule has 1 N–H and O–H groups in total. The lowest BCUT2D eigenvalue weighted by Gasteiger charge is -2.22. The van der Waals surface area contributed by atoms with Crippen LogP contribution < -0.4 is 9.64 Å². The molecule has 0 spiro atoms. The van der Waals surface area contributed by atoms with Gasteiger partial charge in [-0.1, -0.05) is 60.7 Å². The molecule has 1 unspecified atom stereocenters. The predicted molar refractivity (Wildman–Crippen MR) is 120 cm³/mol. The van der Waals surface area contributed by atoms with Crippen molar-refractivity contribution in [1.29, 1.82) is 0 Å². The number of rotatable bonds is 7. The molecule has 31 heavy (non-hydrogen) atoms. The zero-order valence-electron chi connectivity index (χ0n) is 17.2. The van der Waals surface area contributed by atoms with Gasteiger partial charge in [-0.3, -0.25) is 9.59 Å². The summed E-state index contributed by atoms with van der Waals surface area (Å²) in [5.41, 5.74) is 0.619. The molecule has 1 heterocycles. The standard InChI is InChI=1S/C26H23NO4/c1-31-21-15-13-20(14-16-21)24(28)18-26(30)22-11-5-6-12-23(22)27(25(26)29)17-7-10-19-8-3-2-4-9-19/h2-16,30H,17-18H2,1H3/b10-7+. The summed E-state index contributed by atoms with van der Waals surface area (Å²) in [7, 11) is 1.55. The van der Waals surface area contributed by atoms with Crippen molar-refractivity contribution in [2.75, 3.05) is 18.6 Å². The van der Waals surface area contributed by atoms with Gasteiger partial charge in [-0.25, -0.2) is 0 Å². The van der Waals surface area contributed by atoms with Crippen LogP contribution in [0.5, 0.6) is 5.75 Å². The number of ether oxygens (including phenoxy) is 1. The van der Waals surface area contributed by atoms with E-state index in [0.29, 0.717) is 29.1 Å². The first-order valence-electron chi connectivity index (χ1n) is 10.1. The van der Waals surface area contributed by atoms with Crippen LogP contribution in [0.15, 0.2) is 84.9 Å². The van der Waals surface area contributed by atoms with Crippen molar-refractivity contribution in [2.24, 2.45) is 0 Å². The first-order valence-corrected chi connectivity index (χ1v) is 10.1. The molecule has 3 aromatic carbocycles. The molecule has 0 saturated heterocycles. The van der Waals surface area contributed by atoms with E-state index < -0.39 is 11.5 Å². The Morgan fingerprint density at radius 1 is 1.00 bits per heavy atom. The number of para-hydroxylation sites is 1. The van der Waals surface area contributed by atoms with Crippen molar-refractivity contribution in [3.05, 3.63) is 102 Å². The van der Waals surface area contributed by atoms with Crippen molar-refractivity contribution < 1.29 is 19.4 Å². The molecule has 3 aromatic rings. The number of carbonyl (C=O) groups excluding carboxylic acids is 2. The summed E-state index contributed by atoms with van der Waals surface area (Å²) in [6, 6.07) is 23.5. The van der Waals surface area contributed by atoms with Crippen molar-refractivity contribution in [1.82, 2.24) is 0 Å². The quantitative estimate of drug-likeness (QED) is 0.589. The Balaban J connectivity index is 1.58. The molecule has 4 rings (SSSR count). The van der Waals surface area contributed by atoms with Crippen molar-refractivity contribution >= 4 is 23.5 Å². The predicted octanol–water partition coefficient (Wildman–Crippen LogP) is 4.22. The Hall–Kier alpha value is -3.70. The fourth-order valence-electron chi connectivity index (χ4n) is 3.83. The minimum Gasteiger partial charge on any atom is -0.497 e. The lowest BCUT2D eigenvalue weighted by Crippen LogP contribution is -2.41. The highest BCUT2D eigenvalue weighted by atomic mass is 16.5. The number of hydrogen-bond donors (Lipinski definition) is 1. The second kappa shape index (κ2) is 8.58. The summed E-state index contributed by atoms with van der Waals surface area (Å²) >= 11 is 0. The van der Waals surface area contributed by atoms with Gasteiger partial charge < -0.3 is 14.7 Å². The third-order valence-corrected chi connectivity index (χ3v) is 5.47. The second-order valence-corrected chi connectivity index (χ2v) is 7.43. The van der Waals surface area contributed by atoms with Crippen LogP contribution in [-0.2, 0) is 10.4 Å². The lowest BCUT2D eigenvalue weighted by molar-refractivity contribution is -0.135. The molecular formula is C26H23NO4. The average molecular weight is 413 g/mol. The first kappa shape index (κ1) is 20.6. The monoisotopic (exact) mass is 413 g/mol. The molecule has 0 saturated carbocycles. The molecule has 0 aliphatic carbocycles. The van der Waals surface area contributed by atoms with Crippen LogP contribution in [0.3, 0.4) is 0 Å². The number of benzene rings is 3. The zero-order valence-corrected chi connectivity index (χ0v) is 17.2. The minimum absolute atomic E-state index is 0.295. The van der Waals surface area contributed by atoms with E-state index in [9.17, 15) is 14.7 Å². The van der Waals surface area contributed by atoms with E-state index in [-0.39, 0.29) is 12.2 Å². The van der Waals surface area contributed by atoms with Crippen LogP contribution in [0.25, 0.3) is 6.08 Å². The highest BCUT2D eigenvalue weighted by Crippen LogP contribution is 2.42. The SMILES string of the molecule is COc1ccc(C(=O)CC2(O)C(=O)N(C/C=C/c3ccccc3)c3ccccc32)cc1. The van der Waals surface area contributed by atoms with E-state index in [1.54, 1.807) is 49.6 Å². The van der Waals surface area contributed by atoms with Gasteiger partial charge in [0.25, 0.3) is 5.91 Å². The maximum absolute atomic E-state index is 13.3. The average Bonchev–Trinajstić information content (AvgIpc) is 3.01. The number of anilines is 1. The fraction of sp³-hybridized carbons (Fsp3) is 0.154. The normalized spacial score (nSPS) is 17.7. The molecule has 0 fully saturated rings. The van der Waals surface area contributed by atoms with Gasteiger partial charge in [0.1, 0.15) is 5.75 Å². The number of hydrogen-bond acceptors (Lipinski definition) is 4. The van der Waals surface area contributed by atoms with E-state index in [1.165, 1.54) is 4.90 Å². The summed E-state index contributed by atoms with van der Waals surface area (Å²) in [6.07, 6.45) is 3.48. The van der Waals surface area contributed by atoms with E-state index in [1.807, 2.05) is 48.6 Å². The van der Waals surface area contributed by atoms with Crippen LogP contribution in [-0.4, -0.2) is 30.5 Å². The molecule has 5 nitrogen and oxygen atoms in total. The maximum atomic E-state index is 13.3. The molecule has 1 aliphatic rings. The van der Waals surface area contributed by atoms with Crippen LogP contribution in [0.2, 0.25) is 0 Å². The molecule has 156 valence electrons. The summed E-state index contributed by atoms with van der Waals surface area (Å²) < 4.78 is 5.12. The molecule has 0 radical (unpaired) electrons. The third kappa shape index (κ3) is 4.00. The van der Waals surface area contributed by atoms with Gasteiger partial charge >= 0.3 is 0 Å². The molecule has 1 atom stereocenters. The number of carbonyl (C=O) groups is 2. The number of ketones is 1. The number of aliphatic hydroxyl groups is 1. The minimum atomic E-state index is -1.89. The summed E-state index contributed by atoms with van der Waals surface area (Å²) in [5, 5.41) is 11.4. The van der Waals surface area contributed by atoms with Gasteiger partial charge in [0, 0.05) is 17.7 Å². The van der Waals surface area contributed by atoms with Gasteiger partial charge in [0.2, 0.25) is 0 Å². The van der Waals surface area contributed by atoms with Gasteiger partial charge in [0.15, 0.2) is 11.4 Å². The number of fused-ring (bicyclic) bond motifs is 1. The van der Waals surface area contributed by atoms with Crippen molar-refractivity contribution in [2.45, 2.75) is 12.0 Å². The Kier molecular flexibility index (Phi) is 5.69. The summed E-state index contributed by atoms with van der Waals surface area (Å²) in [6.45, 7) is 0.295. The molecule has 1 aliphatic heterocycles. The molecular weight excluding hydrogens is 390 g/mol. The maximum Gasteiger partial charge on any atom is 0.264 e. The highest BCUT2D eigenvalue weighted by molar-refractivity contribution is 6.11. The van der Waals surface area contributed by atoms with E-state index in [4.69, 9.17) is 4.74 Å². The van der Waals surface area contributed by atoms with Crippen LogP contribution >= 0.6 is 0 Å². The van der Waals surface area contributed by atoms with Crippen LogP contribution in [0.4, 0.5) is 5.69 Å². The first-order chi connectivity index (χ1) is 15.0. The topological polar surface area (TPSA) is 66.8 Å². The Bertz CT molecular complexity index is 1120. The Morgan fingerprint density at radius 3 is 2.39 bits per heavy atom. The van der Waals surface area contributed by atoms with Gasteiger partial charge in [0.05, 0.1) is 19.2 Å². The highest BCUT2D eigenvalue weighted by Gasteiger charge is 2.50. The lowest BCUT2D eigenvalue weighted by atomic mass is 9.88. The van der Waals surface area contributed by atoms with Crippen LogP contribution in [0.1, 0.15) is 27.9 Å². The molecule has 1 amide bonds. The number of methoxy groups -OCH3 is 1. The fourth-order valence-corrected chi connectivity index (χ4v) is 3.83. The molecule has 0 aromatic heterocycles. The zero-order chi connectivity index (χ0) is 21.8. The summed E-state index contributed by atoms with van der Waals surface area (Å²) in [4.78, 5) is 27.7. The smallest absolute Gasteiger partial charge is 0.264 e. The van der Waals surface area contributed by atoms with Crippen LogP contribution in [0, 0.1) is 0 Å². The Labute approximate surface area is 181 Å². The van der Waals surface area contributed by atoms with Gasteiger partial charge in [-0.2, -0.15) is 0 Å². The van der Waals surface area contributed by atoms with Crippen molar-refractivity contribution in [3.63, 3.8) is 0 Å². The summed E-state index contributed by atoms with van der Waals surface area (Å²) in [5.74, 6) is -0.169. The second-order valence-electron chi connectivity index (χ2n) is 7.43. The molecule has 0 bridgehead atoms. The van der Waals surface area contributed by atoms with Gasteiger partial charge in [-0.15, -0.1) is 0 Å². The third-order valence-electron chi connectivity index (χ3n) is 5.47. The largest absolute Gasteiger partial charge is 0.497 e. The van der Waals surface area contributed by atoms with Crippen molar-refractivity contribution in [3.8, 4) is 5.75 Å². The molecule has 5 heteroatoms. The Morgan fingerprint density at radius 2 is 1.68 bits per heavy atom. The number of nitrogens with zero attached hydrogens (tertiary/aromatic N) is 1.